The van der Waals surface area contributed by atoms with Crippen LogP contribution in [0.4, 0.5) is 0 Å². The van der Waals surface area contributed by atoms with Gasteiger partial charge in [-0.25, -0.2) is 0 Å². The number of guanidine groups is 1. The van der Waals surface area contributed by atoms with E-state index in [-0.39, 0.29) is 6.10 Å². The molecule has 3 rings (SSSR count). The highest BCUT2D eigenvalue weighted by Crippen LogP contribution is 2.24. The van der Waals surface area contributed by atoms with Gasteiger partial charge >= 0.3 is 0 Å². The molecule has 1 saturated heterocycles. The summed E-state index contributed by atoms with van der Waals surface area (Å²) in [5.74, 6) is 1.65. The van der Waals surface area contributed by atoms with Crippen molar-refractivity contribution in [3.8, 4) is 5.75 Å². The molecule has 0 bridgehead atoms. The number of morpholine rings is 1. The Morgan fingerprint density at radius 1 is 1.35 bits per heavy atom. The maximum absolute atomic E-state index is 6.00. The van der Waals surface area contributed by atoms with E-state index in [1.54, 1.807) is 12.4 Å². The molecule has 0 amide bonds. The van der Waals surface area contributed by atoms with Gasteiger partial charge in [0.05, 0.1) is 25.9 Å². The average Bonchev–Trinajstić information content (AvgIpc) is 2.69. The summed E-state index contributed by atoms with van der Waals surface area (Å²) in [5, 5.41) is 3.37. The van der Waals surface area contributed by atoms with Crippen molar-refractivity contribution in [1.82, 2.24) is 15.2 Å². The first kappa shape index (κ1) is 18.2. The molecule has 1 aromatic heterocycles. The van der Waals surface area contributed by atoms with E-state index < -0.39 is 0 Å². The molecule has 0 spiro atoms. The normalized spacial score (nSPS) is 17.8. The van der Waals surface area contributed by atoms with Crippen LogP contribution in [0.2, 0.25) is 0 Å². The summed E-state index contributed by atoms with van der Waals surface area (Å²) < 4.78 is 11.7. The van der Waals surface area contributed by atoms with Gasteiger partial charge in [-0.1, -0.05) is 24.3 Å². The van der Waals surface area contributed by atoms with E-state index >= 15 is 0 Å². The molecule has 1 unspecified atom stereocenters. The Balaban J connectivity index is 1.52. The lowest BCUT2D eigenvalue weighted by atomic mass is 10.0. The maximum Gasteiger partial charge on any atom is 0.193 e. The minimum absolute atomic E-state index is 0.0649. The van der Waals surface area contributed by atoms with Gasteiger partial charge in [-0.2, -0.15) is 0 Å². The molecular weight excluding hydrogens is 328 g/mol. The highest BCUT2D eigenvalue weighted by Gasteiger charge is 2.24. The summed E-state index contributed by atoms with van der Waals surface area (Å²) in [6.45, 7) is 5.65. The highest BCUT2D eigenvalue weighted by atomic mass is 16.5. The SMILES string of the molecule is CN=C(NCCOc1cccnc1)N1CCOC(c2ccccc2C)C1. The number of hydrogen-bond donors (Lipinski definition) is 1. The van der Waals surface area contributed by atoms with Crippen LogP contribution in [-0.4, -0.2) is 55.7 Å². The van der Waals surface area contributed by atoms with Crippen LogP contribution in [0.25, 0.3) is 0 Å². The Morgan fingerprint density at radius 2 is 2.23 bits per heavy atom. The van der Waals surface area contributed by atoms with E-state index in [1.165, 1.54) is 11.1 Å². The molecule has 2 aromatic rings. The second-order valence-electron chi connectivity index (χ2n) is 6.17. The van der Waals surface area contributed by atoms with Crippen molar-refractivity contribution < 1.29 is 9.47 Å². The smallest absolute Gasteiger partial charge is 0.193 e. The van der Waals surface area contributed by atoms with Crippen molar-refractivity contribution in [2.24, 2.45) is 4.99 Å². The van der Waals surface area contributed by atoms with Gasteiger partial charge in [0, 0.05) is 19.8 Å². The first-order valence-corrected chi connectivity index (χ1v) is 8.93. The Bertz CT molecular complexity index is 721. The van der Waals surface area contributed by atoms with Crippen LogP contribution in [0.1, 0.15) is 17.2 Å². The van der Waals surface area contributed by atoms with E-state index in [0.717, 1.165) is 24.8 Å². The number of nitrogens with zero attached hydrogens (tertiary/aromatic N) is 3. The van der Waals surface area contributed by atoms with Gasteiger partial charge in [-0.15, -0.1) is 0 Å². The number of ether oxygens (including phenoxy) is 2. The summed E-state index contributed by atoms with van der Waals surface area (Å²) in [4.78, 5) is 10.7. The lowest BCUT2D eigenvalue weighted by Crippen LogP contribution is -2.49. The summed E-state index contributed by atoms with van der Waals surface area (Å²) >= 11 is 0. The quantitative estimate of drug-likeness (QED) is 0.508. The van der Waals surface area contributed by atoms with Gasteiger partial charge in [-0.05, 0) is 30.2 Å². The molecule has 26 heavy (non-hydrogen) atoms. The Hall–Kier alpha value is -2.60. The molecule has 1 aliphatic rings. The van der Waals surface area contributed by atoms with Crippen molar-refractivity contribution in [1.29, 1.82) is 0 Å². The zero-order valence-electron chi connectivity index (χ0n) is 15.4. The number of benzene rings is 1. The molecule has 1 aromatic carbocycles. The number of pyridine rings is 1. The van der Waals surface area contributed by atoms with E-state index in [1.807, 2.05) is 19.2 Å². The van der Waals surface area contributed by atoms with Gasteiger partial charge in [0.15, 0.2) is 5.96 Å². The molecule has 0 aliphatic carbocycles. The summed E-state index contributed by atoms with van der Waals surface area (Å²) in [5.41, 5.74) is 2.50. The highest BCUT2D eigenvalue weighted by molar-refractivity contribution is 5.80. The van der Waals surface area contributed by atoms with Crippen LogP contribution in [0.5, 0.6) is 5.75 Å². The summed E-state index contributed by atoms with van der Waals surface area (Å²) in [6, 6.07) is 12.1. The molecule has 2 heterocycles. The molecule has 1 aliphatic heterocycles. The molecule has 0 saturated carbocycles. The van der Waals surface area contributed by atoms with Crippen LogP contribution >= 0.6 is 0 Å². The minimum Gasteiger partial charge on any atom is -0.490 e. The van der Waals surface area contributed by atoms with Gasteiger partial charge in [0.2, 0.25) is 0 Å². The Morgan fingerprint density at radius 3 is 3.00 bits per heavy atom. The molecular formula is C20H26N4O2. The first-order chi connectivity index (χ1) is 12.8. The predicted molar refractivity (Wildman–Crippen MR) is 103 cm³/mol. The van der Waals surface area contributed by atoms with Gasteiger partial charge < -0.3 is 19.7 Å². The minimum atomic E-state index is 0.0649. The molecule has 1 N–H and O–H groups in total. The summed E-state index contributed by atoms with van der Waals surface area (Å²) in [7, 11) is 1.81. The number of rotatable bonds is 5. The maximum atomic E-state index is 6.00. The fourth-order valence-corrected chi connectivity index (χ4v) is 3.07. The average molecular weight is 354 g/mol. The molecule has 138 valence electrons. The zero-order valence-corrected chi connectivity index (χ0v) is 15.4. The Labute approximate surface area is 154 Å². The lowest BCUT2D eigenvalue weighted by Gasteiger charge is -2.35. The van der Waals surface area contributed by atoms with Gasteiger partial charge in [0.25, 0.3) is 0 Å². The first-order valence-electron chi connectivity index (χ1n) is 8.93. The zero-order chi connectivity index (χ0) is 18.2. The van der Waals surface area contributed by atoms with Crippen LogP contribution in [0, 0.1) is 6.92 Å². The van der Waals surface area contributed by atoms with Crippen LogP contribution in [0.3, 0.4) is 0 Å². The third kappa shape index (κ3) is 4.73. The van der Waals surface area contributed by atoms with E-state index in [0.29, 0.717) is 19.8 Å². The van der Waals surface area contributed by atoms with Crippen molar-refractivity contribution in [2.75, 3.05) is 39.9 Å². The fraction of sp³-hybridized carbons (Fsp3) is 0.400. The molecule has 1 fully saturated rings. The van der Waals surface area contributed by atoms with Crippen molar-refractivity contribution in [3.05, 3.63) is 59.9 Å². The number of aromatic nitrogens is 1. The van der Waals surface area contributed by atoms with Gasteiger partial charge in [0.1, 0.15) is 18.5 Å². The molecule has 6 heteroatoms. The van der Waals surface area contributed by atoms with Crippen molar-refractivity contribution in [2.45, 2.75) is 13.0 Å². The fourth-order valence-electron chi connectivity index (χ4n) is 3.07. The summed E-state index contributed by atoms with van der Waals surface area (Å²) in [6.07, 6.45) is 3.51. The standard InChI is InChI=1S/C20H26N4O2/c1-16-6-3-4-8-18(16)19-15-24(11-13-26-19)20(21-2)23-10-12-25-17-7-5-9-22-14-17/h3-9,14,19H,10-13,15H2,1-2H3,(H,21,23). The largest absolute Gasteiger partial charge is 0.490 e. The number of hydrogen-bond acceptors (Lipinski definition) is 4. The van der Waals surface area contributed by atoms with Gasteiger partial charge in [-0.3, -0.25) is 9.98 Å². The van der Waals surface area contributed by atoms with E-state index in [4.69, 9.17) is 9.47 Å². The number of nitrogens with one attached hydrogen (secondary N) is 1. The number of aliphatic imine (C=N–C) groups is 1. The molecule has 1 atom stereocenters. The third-order valence-electron chi connectivity index (χ3n) is 4.40. The van der Waals surface area contributed by atoms with Crippen LogP contribution < -0.4 is 10.1 Å². The topological polar surface area (TPSA) is 59.0 Å². The second-order valence-corrected chi connectivity index (χ2v) is 6.17. The van der Waals surface area contributed by atoms with Crippen LogP contribution in [-0.2, 0) is 4.74 Å². The monoisotopic (exact) mass is 354 g/mol. The van der Waals surface area contributed by atoms with E-state index in [2.05, 4.69) is 51.4 Å². The van der Waals surface area contributed by atoms with E-state index in [9.17, 15) is 0 Å². The number of aryl methyl sites for hydroxylation is 1. The lowest BCUT2D eigenvalue weighted by molar-refractivity contribution is -0.00834. The molecule has 0 radical (unpaired) electrons. The third-order valence-corrected chi connectivity index (χ3v) is 4.40. The van der Waals surface area contributed by atoms with Crippen LogP contribution in [0.15, 0.2) is 53.8 Å². The van der Waals surface area contributed by atoms with Crippen molar-refractivity contribution in [3.63, 3.8) is 0 Å². The van der Waals surface area contributed by atoms with Crippen molar-refractivity contribution >= 4 is 5.96 Å². The second kappa shape index (κ2) is 9.20. The Kier molecular flexibility index (Phi) is 6.44. The predicted octanol–water partition coefficient (Wildman–Crippen LogP) is 2.42. The molecule has 6 nitrogen and oxygen atoms in total.